The minimum Gasteiger partial charge on any atom is -0.493 e. The molecule has 1 saturated heterocycles. The first-order valence-corrected chi connectivity index (χ1v) is 11.3. The zero-order chi connectivity index (χ0) is 22.9. The van der Waals surface area contributed by atoms with E-state index in [2.05, 4.69) is 10.3 Å². The van der Waals surface area contributed by atoms with Gasteiger partial charge in [-0.15, -0.1) is 0 Å². The van der Waals surface area contributed by atoms with Crippen LogP contribution in [0.15, 0.2) is 39.6 Å². The number of aryl methyl sites for hydroxylation is 1. The van der Waals surface area contributed by atoms with Crippen LogP contribution < -0.4 is 14.8 Å². The van der Waals surface area contributed by atoms with Crippen LogP contribution in [-0.2, 0) is 14.8 Å². The molecule has 1 amide bonds. The van der Waals surface area contributed by atoms with E-state index in [1.807, 2.05) is 0 Å². The number of amides is 1. The monoisotopic (exact) mass is 461 g/mol. The summed E-state index contributed by atoms with van der Waals surface area (Å²) in [5, 5.41) is 2.76. The summed E-state index contributed by atoms with van der Waals surface area (Å²) < 4.78 is 49.0. The number of rotatable bonds is 6. The molecule has 170 valence electrons. The predicted octanol–water partition coefficient (Wildman–Crippen LogP) is 2.43. The molecule has 4 rings (SSSR count). The molecule has 2 aromatic carbocycles. The predicted molar refractivity (Wildman–Crippen MR) is 116 cm³/mol. The minimum absolute atomic E-state index is 0.0233. The third-order valence-corrected chi connectivity index (χ3v) is 6.93. The van der Waals surface area contributed by atoms with Crippen molar-refractivity contribution in [3.63, 3.8) is 0 Å². The maximum atomic E-state index is 13.2. The number of methoxy groups -OCH3 is 2. The summed E-state index contributed by atoms with van der Waals surface area (Å²) in [6.07, 6.45) is 0. The van der Waals surface area contributed by atoms with Gasteiger partial charge in [-0.25, -0.2) is 13.4 Å². The lowest BCUT2D eigenvalue weighted by molar-refractivity contribution is 0.0730. The molecule has 0 spiro atoms. The van der Waals surface area contributed by atoms with E-state index in [-0.39, 0.29) is 35.0 Å². The lowest BCUT2D eigenvalue weighted by Crippen LogP contribution is -2.40. The molecule has 10 nitrogen and oxygen atoms in total. The first-order chi connectivity index (χ1) is 15.3. The average molecular weight is 461 g/mol. The standard InChI is InChI=1S/C21H23N3O7S/c1-13-22-17-10-14(4-5-18(17)31-13)23-21(25)16-11-15(12-19(28-2)20(16)29-3)32(26,27)24-6-8-30-9-7-24/h4-5,10-12H,6-9H2,1-3H3,(H,23,25). The molecule has 32 heavy (non-hydrogen) atoms. The van der Waals surface area contributed by atoms with E-state index in [9.17, 15) is 13.2 Å². The van der Waals surface area contributed by atoms with Crippen molar-refractivity contribution in [2.24, 2.45) is 0 Å². The Kier molecular flexibility index (Phi) is 6.04. The highest BCUT2D eigenvalue weighted by Gasteiger charge is 2.30. The molecule has 1 aliphatic rings. The maximum Gasteiger partial charge on any atom is 0.259 e. The van der Waals surface area contributed by atoms with Crippen molar-refractivity contribution in [1.82, 2.24) is 9.29 Å². The second-order valence-electron chi connectivity index (χ2n) is 7.09. The number of aromatic nitrogens is 1. The van der Waals surface area contributed by atoms with Crippen LogP contribution in [0.3, 0.4) is 0 Å². The highest BCUT2D eigenvalue weighted by atomic mass is 32.2. The van der Waals surface area contributed by atoms with Crippen molar-refractivity contribution in [2.75, 3.05) is 45.8 Å². The number of hydrogen-bond donors (Lipinski definition) is 1. The topological polar surface area (TPSA) is 120 Å². The number of morpholine rings is 1. The van der Waals surface area contributed by atoms with Gasteiger partial charge in [0, 0.05) is 31.8 Å². The Morgan fingerprint density at radius 3 is 2.56 bits per heavy atom. The highest BCUT2D eigenvalue weighted by molar-refractivity contribution is 7.89. The third kappa shape index (κ3) is 4.14. The number of ether oxygens (including phenoxy) is 3. The lowest BCUT2D eigenvalue weighted by Gasteiger charge is -2.26. The first-order valence-electron chi connectivity index (χ1n) is 9.86. The van der Waals surface area contributed by atoms with Gasteiger partial charge in [0.15, 0.2) is 23.0 Å². The molecule has 2 heterocycles. The number of sulfonamides is 1. The zero-order valence-corrected chi connectivity index (χ0v) is 18.7. The fraction of sp³-hybridized carbons (Fsp3) is 0.333. The van der Waals surface area contributed by atoms with E-state index >= 15 is 0 Å². The lowest BCUT2D eigenvalue weighted by atomic mass is 10.1. The van der Waals surface area contributed by atoms with Gasteiger partial charge < -0.3 is 23.9 Å². The molecule has 1 N–H and O–H groups in total. The van der Waals surface area contributed by atoms with Gasteiger partial charge in [0.1, 0.15) is 5.52 Å². The van der Waals surface area contributed by atoms with E-state index in [1.165, 1.54) is 30.7 Å². The fourth-order valence-corrected chi connectivity index (χ4v) is 4.96. The van der Waals surface area contributed by atoms with Crippen LogP contribution in [0.2, 0.25) is 0 Å². The van der Waals surface area contributed by atoms with Crippen LogP contribution in [0.5, 0.6) is 11.5 Å². The van der Waals surface area contributed by atoms with Crippen LogP contribution in [0, 0.1) is 6.92 Å². The van der Waals surface area contributed by atoms with Crippen LogP contribution in [0.25, 0.3) is 11.1 Å². The van der Waals surface area contributed by atoms with Gasteiger partial charge in [-0.05, 0) is 24.3 Å². The van der Waals surface area contributed by atoms with Crippen molar-refractivity contribution >= 4 is 32.7 Å². The molecule has 3 aromatic rings. The fourth-order valence-electron chi connectivity index (χ4n) is 3.51. The molecule has 1 aromatic heterocycles. The van der Waals surface area contributed by atoms with E-state index in [4.69, 9.17) is 18.6 Å². The number of nitrogens with one attached hydrogen (secondary N) is 1. The van der Waals surface area contributed by atoms with Gasteiger partial charge in [0.05, 0.1) is 37.9 Å². The summed E-state index contributed by atoms with van der Waals surface area (Å²) in [6, 6.07) is 7.68. The summed E-state index contributed by atoms with van der Waals surface area (Å²) in [4.78, 5) is 17.3. The van der Waals surface area contributed by atoms with Crippen LogP contribution in [-0.4, -0.2) is 64.1 Å². The van der Waals surface area contributed by atoms with Crippen molar-refractivity contribution in [2.45, 2.75) is 11.8 Å². The van der Waals surface area contributed by atoms with Crippen molar-refractivity contribution in [3.8, 4) is 11.5 Å². The molecule has 1 aliphatic heterocycles. The summed E-state index contributed by atoms with van der Waals surface area (Å²) in [5.74, 6) is 0.216. The Bertz CT molecular complexity index is 1260. The number of anilines is 1. The van der Waals surface area contributed by atoms with Gasteiger partial charge >= 0.3 is 0 Å². The molecular weight excluding hydrogens is 438 g/mol. The molecule has 0 atom stereocenters. The third-order valence-electron chi connectivity index (χ3n) is 5.06. The number of fused-ring (bicyclic) bond motifs is 1. The number of hydrogen-bond acceptors (Lipinski definition) is 8. The Morgan fingerprint density at radius 2 is 1.88 bits per heavy atom. The molecule has 0 aliphatic carbocycles. The summed E-state index contributed by atoms with van der Waals surface area (Å²) in [6.45, 7) is 2.81. The molecule has 0 saturated carbocycles. The quantitative estimate of drug-likeness (QED) is 0.594. The number of carbonyl (C=O) groups excluding carboxylic acids is 1. The number of oxazole rings is 1. The van der Waals surface area contributed by atoms with Crippen LogP contribution in [0.4, 0.5) is 5.69 Å². The molecule has 0 bridgehead atoms. The molecule has 0 unspecified atom stereocenters. The maximum absolute atomic E-state index is 13.2. The smallest absolute Gasteiger partial charge is 0.259 e. The second kappa shape index (κ2) is 8.77. The summed E-state index contributed by atoms with van der Waals surface area (Å²) in [7, 11) is -1.09. The summed E-state index contributed by atoms with van der Waals surface area (Å²) in [5.41, 5.74) is 1.68. The van der Waals surface area contributed by atoms with E-state index < -0.39 is 15.9 Å². The molecule has 0 radical (unpaired) electrons. The molecular formula is C21H23N3O7S. The Morgan fingerprint density at radius 1 is 1.12 bits per heavy atom. The van der Waals surface area contributed by atoms with Gasteiger partial charge in [-0.1, -0.05) is 0 Å². The Hall–Kier alpha value is -3.15. The molecule has 1 fully saturated rings. The minimum atomic E-state index is -3.86. The summed E-state index contributed by atoms with van der Waals surface area (Å²) >= 11 is 0. The van der Waals surface area contributed by atoms with Crippen LogP contribution in [0.1, 0.15) is 16.2 Å². The highest BCUT2D eigenvalue weighted by Crippen LogP contribution is 2.36. The van der Waals surface area contributed by atoms with E-state index in [0.29, 0.717) is 35.9 Å². The molecule has 11 heteroatoms. The Labute approximate surface area is 185 Å². The number of carbonyl (C=O) groups is 1. The number of benzene rings is 2. The SMILES string of the molecule is COc1cc(S(=O)(=O)N2CCOCC2)cc(C(=O)Nc2ccc3oc(C)nc3c2)c1OC. The van der Waals surface area contributed by atoms with Gasteiger partial charge in [0.2, 0.25) is 10.0 Å². The largest absolute Gasteiger partial charge is 0.493 e. The average Bonchev–Trinajstić information content (AvgIpc) is 3.17. The van der Waals surface area contributed by atoms with Crippen molar-refractivity contribution in [1.29, 1.82) is 0 Å². The normalized spacial score (nSPS) is 15.0. The van der Waals surface area contributed by atoms with E-state index in [0.717, 1.165) is 0 Å². The van der Waals surface area contributed by atoms with Gasteiger partial charge in [-0.2, -0.15) is 4.31 Å². The van der Waals surface area contributed by atoms with Gasteiger partial charge in [0.25, 0.3) is 5.91 Å². The van der Waals surface area contributed by atoms with Crippen molar-refractivity contribution < 1.29 is 31.8 Å². The van der Waals surface area contributed by atoms with Crippen LogP contribution >= 0.6 is 0 Å². The Balaban J connectivity index is 1.72. The number of nitrogens with zero attached hydrogens (tertiary/aromatic N) is 2. The second-order valence-corrected chi connectivity index (χ2v) is 9.03. The van der Waals surface area contributed by atoms with E-state index in [1.54, 1.807) is 25.1 Å². The zero-order valence-electron chi connectivity index (χ0n) is 17.9. The first kappa shape index (κ1) is 22.1. The van der Waals surface area contributed by atoms with Gasteiger partial charge in [-0.3, -0.25) is 4.79 Å². The van der Waals surface area contributed by atoms with Crippen molar-refractivity contribution in [3.05, 3.63) is 41.8 Å².